The maximum absolute atomic E-state index is 11.1. The minimum atomic E-state index is -0.363. The third kappa shape index (κ3) is 3.11. The van der Waals surface area contributed by atoms with Crippen molar-refractivity contribution in [1.29, 1.82) is 0 Å². The van der Waals surface area contributed by atoms with Gasteiger partial charge < -0.3 is 10.6 Å². The van der Waals surface area contributed by atoms with Crippen molar-refractivity contribution in [3.05, 3.63) is 40.2 Å². The summed E-state index contributed by atoms with van der Waals surface area (Å²) in [4.78, 5) is 14.9. The summed E-state index contributed by atoms with van der Waals surface area (Å²) < 4.78 is 0. The molecule has 3 rings (SSSR count). The van der Waals surface area contributed by atoms with Crippen LogP contribution in [-0.4, -0.2) is 29.0 Å². The molecule has 0 amide bonds. The molecule has 0 aliphatic heterocycles. The summed E-state index contributed by atoms with van der Waals surface area (Å²) >= 11 is 0. The van der Waals surface area contributed by atoms with Crippen LogP contribution in [0.25, 0.3) is 10.8 Å². The Bertz CT molecular complexity index is 683. The highest BCUT2D eigenvalue weighted by atomic mass is 16.6. The van der Waals surface area contributed by atoms with Crippen LogP contribution in [-0.2, 0) is 0 Å². The molecule has 2 N–H and O–H groups in total. The zero-order valence-corrected chi connectivity index (χ0v) is 11.9. The van der Waals surface area contributed by atoms with Gasteiger partial charge in [-0.1, -0.05) is 0 Å². The monoisotopic (exact) mass is 286 g/mol. The molecule has 0 unspecified atom stereocenters. The second-order valence-electron chi connectivity index (χ2n) is 5.42. The molecule has 1 aromatic heterocycles. The van der Waals surface area contributed by atoms with E-state index in [4.69, 9.17) is 0 Å². The van der Waals surface area contributed by atoms with E-state index >= 15 is 0 Å². The van der Waals surface area contributed by atoms with Gasteiger partial charge in [0.15, 0.2) is 0 Å². The molecule has 1 aromatic carbocycles. The van der Waals surface area contributed by atoms with Crippen molar-refractivity contribution in [3.8, 4) is 0 Å². The molecule has 1 aliphatic rings. The van der Waals surface area contributed by atoms with E-state index in [0.29, 0.717) is 11.4 Å². The van der Waals surface area contributed by atoms with E-state index in [1.807, 2.05) is 13.0 Å². The number of fused-ring (bicyclic) bond motifs is 1. The van der Waals surface area contributed by atoms with Crippen LogP contribution in [0.3, 0.4) is 0 Å². The standard InChI is InChI=1S/C15H18N4O2/c1-10-8-12-13(9-18-10)15(19(20)21)5-4-14(12)17-7-6-16-11-2-3-11/h4-5,8-9,11,16-17H,2-3,6-7H2,1H3. The normalized spacial score (nSPS) is 14.3. The summed E-state index contributed by atoms with van der Waals surface area (Å²) in [6.45, 7) is 3.58. The lowest BCUT2D eigenvalue weighted by Gasteiger charge is -2.11. The molecule has 1 aliphatic carbocycles. The molecule has 6 nitrogen and oxygen atoms in total. The first-order valence-corrected chi connectivity index (χ1v) is 7.16. The predicted octanol–water partition coefficient (Wildman–Crippen LogP) is 2.62. The molecular formula is C15H18N4O2. The van der Waals surface area contributed by atoms with E-state index < -0.39 is 0 Å². The SMILES string of the molecule is Cc1cc2c(NCCNC3CC3)ccc([N+](=O)[O-])c2cn1. The zero-order valence-electron chi connectivity index (χ0n) is 11.9. The van der Waals surface area contributed by atoms with Crippen molar-refractivity contribution in [3.63, 3.8) is 0 Å². The quantitative estimate of drug-likeness (QED) is 0.485. The highest BCUT2D eigenvalue weighted by Gasteiger charge is 2.19. The molecule has 1 fully saturated rings. The topological polar surface area (TPSA) is 80.1 Å². The number of aromatic nitrogens is 1. The maximum atomic E-state index is 11.1. The summed E-state index contributed by atoms with van der Waals surface area (Å²) in [6, 6.07) is 5.89. The van der Waals surface area contributed by atoms with Gasteiger partial charge in [0.05, 0.1) is 10.3 Å². The Balaban J connectivity index is 1.84. The fourth-order valence-electron chi connectivity index (χ4n) is 2.40. The van der Waals surface area contributed by atoms with E-state index in [1.165, 1.54) is 18.9 Å². The van der Waals surface area contributed by atoms with Crippen LogP contribution in [0.2, 0.25) is 0 Å². The fourth-order valence-corrected chi connectivity index (χ4v) is 2.40. The van der Waals surface area contributed by atoms with Gasteiger partial charge in [0.1, 0.15) is 0 Å². The van der Waals surface area contributed by atoms with Gasteiger partial charge in [-0.15, -0.1) is 0 Å². The van der Waals surface area contributed by atoms with Crippen LogP contribution >= 0.6 is 0 Å². The number of hydrogen-bond acceptors (Lipinski definition) is 5. The summed E-state index contributed by atoms with van der Waals surface area (Å²) in [5.74, 6) is 0. The Morgan fingerprint density at radius 1 is 1.33 bits per heavy atom. The molecule has 6 heteroatoms. The zero-order chi connectivity index (χ0) is 14.8. The number of hydrogen-bond donors (Lipinski definition) is 2. The van der Waals surface area contributed by atoms with Gasteiger partial charge in [0.25, 0.3) is 5.69 Å². The van der Waals surface area contributed by atoms with Gasteiger partial charge in [-0.05, 0) is 31.9 Å². The van der Waals surface area contributed by atoms with E-state index in [0.717, 1.165) is 29.9 Å². The van der Waals surface area contributed by atoms with Crippen LogP contribution in [0.5, 0.6) is 0 Å². The number of non-ortho nitro benzene ring substituents is 1. The van der Waals surface area contributed by atoms with Gasteiger partial charge in [-0.3, -0.25) is 15.1 Å². The molecule has 21 heavy (non-hydrogen) atoms. The number of nitro groups is 1. The van der Waals surface area contributed by atoms with Crippen LogP contribution in [0.4, 0.5) is 11.4 Å². The van der Waals surface area contributed by atoms with Gasteiger partial charge in [-0.2, -0.15) is 0 Å². The maximum Gasteiger partial charge on any atom is 0.278 e. The van der Waals surface area contributed by atoms with Crippen molar-refractivity contribution in [2.24, 2.45) is 0 Å². The Labute approximate surface area is 122 Å². The van der Waals surface area contributed by atoms with Crippen molar-refractivity contribution < 1.29 is 4.92 Å². The van der Waals surface area contributed by atoms with Gasteiger partial charge in [0.2, 0.25) is 0 Å². The number of anilines is 1. The molecule has 2 aromatic rings. The van der Waals surface area contributed by atoms with E-state index in [-0.39, 0.29) is 10.6 Å². The molecule has 0 atom stereocenters. The second-order valence-corrected chi connectivity index (χ2v) is 5.42. The van der Waals surface area contributed by atoms with E-state index in [1.54, 1.807) is 12.3 Å². The van der Waals surface area contributed by atoms with Crippen LogP contribution in [0.15, 0.2) is 24.4 Å². The van der Waals surface area contributed by atoms with Crippen molar-refractivity contribution >= 4 is 22.1 Å². The number of benzene rings is 1. The number of nitrogens with one attached hydrogen (secondary N) is 2. The number of rotatable bonds is 6. The van der Waals surface area contributed by atoms with E-state index in [9.17, 15) is 10.1 Å². The highest BCUT2D eigenvalue weighted by molar-refractivity contribution is 5.99. The Morgan fingerprint density at radius 2 is 2.14 bits per heavy atom. The molecule has 0 saturated heterocycles. The first-order valence-electron chi connectivity index (χ1n) is 7.16. The average Bonchev–Trinajstić information content (AvgIpc) is 3.27. The summed E-state index contributed by atoms with van der Waals surface area (Å²) in [5, 5.41) is 19.3. The molecule has 0 spiro atoms. The smallest absolute Gasteiger partial charge is 0.278 e. The molecule has 0 bridgehead atoms. The summed E-state index contributed by atoms with van der Waals surface area (Å²) in [5.41, 5.74) is 1.86. The largest absolute Gasteiger partial charge is 0.383 e. The van der Waals surface area contributed by atoms with Crippen LogP contribution in [0.1, 0.15) is 18.5 Å². The Morgan fingerprint density at radius 3 is 2.86 bits per heavy atom. The molecule has 1 saturated carbocycles. The summed E-state index contributed by atoms with van der Waals surface area (Å²) in [7, 11) is 0. The third-order valence-electron chi connectivity index (χ3n) is 3.66. The van der Waals surface area contributed by atoms with Gasteiger partial charge in [0, 0.05) is 48.2 Å². The predicted molar refractivity (Wildman–Crippen MR) is 82.6 cm³/mol. The minimum absolute atomic E-state index is 0.0964. The van der Waals surface area contributed by atoms with Crippen molar-refractivity contribution in [1.82, 2.24) is 10.3 Å². The number of aryl methyl sites for hydroxylation is 1. The van der Waals surface area contributed by atoms with Crippen molar-refractivity contribution in [2.45, 2.75) is 25.8 Å². The lowest BCUT2D eigenvalue weighted by atomic mass is 10.1. The van der Waals surface area contributed by atoms with Gasteiger partial charge >= 0.3 is 0 Å². The van der Waals surface area contributed by atoms with Crippen molar-refractivity contribution in [2.75, 3.05) is 18.4 Å². The Kier molecular flexibility index (Phi) is 3.70. The fraction of sp³-hybridized carbons (Fsp3) is 0.400. The molecule has 110 valence electrons. The van der Waals surface area contributed by atoms with Crippen LogP contribution < -0.4 is 10.6 Å². The first-order chi connectivity index (χ1) is 10.1. The highest BCUT2D eigenvalue weighted by Crippen LogP contribution is 2.31. The van der Waals surface area contributed by atoms with Gasteiger partial charge in [-0.25, -0.2) is 0 Å². The molecule has 0 radical (unpaired) electrons. The second kappa shape index (κ2) is 5.65. The first kappa shape index (κ1) is 13.8. The van der Waals surface area contributed by atoms with E-state index in [2.05, 4.69) is 15.6 Å². The number of pyridine rings is 1. The average molecular weight is 286 g/mol. The molecular weight excluding hydrogens is 268 g/mol. The Hall–Kier alpha value is -2.21. The third-order valence-corrected chi connectivity index (χ3v) is 3.66. The lowest BCUT2D eigenvalue weighted by molar-refractivity contribution is -0.383. The number of nitrogens with zero attached hydrogens (tertiary/aromatic N) is 2. The molecule has 1 heterocycles. The number of nitro benzene ring substituents is 1. The minimum Gasteiger partial charge on any atom is -0.383 e. The lowest BCUT2D eigenvalue weighted by Crippen LogP contribution is -2.23. The summed E-state index contributed by atoms with van der Waals surface area (Å²) in [6.07, 6.45) is 4.12. The van der Waals surface area contributed by atoms with Crippen LogP contribution in [0, 0.1) is 17.0 Å².